The number of hydrogen-bond donors (Lipinski definition) is 1. The van der Waals surface area contributed by atoms with E-state index in [4.69, 9.17) is 0 Å². The molecule has 0 saturated heterocycles. The first-order valence-electron chi connectivity index (χ1n) is 9.01. The van der Waals surface area contributed by atoms with E-state index in [9.17, 15) is 4.79 Å². The highest BCUT2D eigenvalue weighted by atomic mass is 16.2. The summed E-state index contributed by atoms with van der Waals surface area (Å²) in [5.74, 6) is 1.66. The number of rotatable bonds is 3. The first-order valence-corrected chi connectivity index (χ1v) is 9.01. The Kier molecular flexibility index (Phi) is 3.94. The third-order valence-electron chi connectivity index (χ3n) is 5.42. The van der Waals surface area contributed by atoms with Crippen molar-refractivity contribution in [1.29, 1.82) is 0 Å². The molecule has 1 N–H and O–H groups in total. The molecule has 130 valence electrons. The molecule has 0 radical (unpaired) electrons. The van der Waals surface area contributed by atoms with Crippen molar-refractivity contribution >= 4 is 17.5 Å². The van der Waals surface area contributed by atoms with Crippen molar-refractivity contribution < 1.29 is 4.79 Å². The summed E-state index contributed by atoms with van der Waals surface area (Å²) in [6.07, 6.45) is 4.19. The lowest BCUT2D eigenvalue weighted by molar-refractivity contribution is -0.117. The number of nitrogens with one attached hydrogen (secondary N) is 1. The number of aromatic nitrogens is 2. The summed E-state index contributed by atoms with van der Waals surface area (Å²) in [6.45, 7) is 5.88. The largest absolute Gasteiger partial charge is 0.347 e. The highest BCUT2D eigenvalue weighted by Gasteiger charge is 2.47. The van der Waals surface area contributed by atoms with E-state index in [0.717, 1.165) is 16.9 Å². The Labute approximate surface area is 148 Å². The molecule has 1 unspecified atom stereocenters. The molecule has 1 fully saturated rings. The van der Waals surface area contributed by atoms with Gasteiger partial charge in [0.15, 0.2) is 0 Å². The predicted octanol–water partition coefficient (Wildman–Crippen LogP) is 3.72. The molecule has 5 heteroatoms. The molecular formula is C20H24N4O. The second kappa shape index (κ2) is 6.14. The Morgan fingerprint density at radius 3 is 2.68 bits per heavy atom. The van der Waals surface area contributed by atoms with E-state index in [-0.39, 0.29) is 23.9 Å². The first kappa shape index (κ1) is 16.1. The van der Waals surface area contributed by atoms with Crippen LogP contribution in [-0.2, 0) is 4.79 Å². The van der Waals surface area contributed by atoms with Gasteiger partial charge < -0.3 is 10.2 Å². The van der Waals surface area contributed by atoms with Gasteiger partial charge in [0, 0.05) is 36.5 Å². The van der Waals surface area contributed by atoms with E-state index in [2.05, 4.69) is 34.3 Å². The van der Waals surface area contributed by atoms with Gasteiger partial charge >= 0.3 is 0 Å². The van der Waals surface area contributed by atoms with Crippen molar-refractivity contribution in [2.45, 2.75) is 45.7 Å². The molecule has 1 aromatic carbocycles. The second-order valence-electron chi connectivity index (χ2n) is 7.28. The van der Waals surface area contributed by atoms with E-state index in [0.29, 0.717) is 11.9 Å². The number of hydrogen-bond acceptors (Lipinski definition) is 4. The van der Waals surface area contributed by atoms with Crippen LogP contribution in [0.4, 0.5) is 11.6 Å². The van der Waals surface area contributed by atoms with Crippen molar-refractivity contribution in [2.24, 2.45) is 11.8 Å². The summed E-state index contributed by atoms with van der Waals surface area (Å²) in [4.78, 5) is 23.4. The number of anilines is 2. The average molecular weight is 336 g/mol. The number of amides is 1. The number of fused-ring (bicyclic) bond motifs is 1. The lowest BCUT2D eigenvalue weighted by Gasteiger charge is -2.45. The number of benzene rings is 1. The second-order valence-corrected chi connectivity index (χ2v) is 7.28. The fourth-order valence-electron chi connectivity index (χ4n) is 4.17. The number of nitrogens with zero attached hydrogens (tertiary/aromatic N) is 3. The Morgan fingerprint density at radius 1 is 1.24 bits per heavy atom. The van der Waals surface area contributed by atoms with Gasteiger partial charge in [-0.2, -0.15) is 0 Å². The van der Waals surface area contributed by atoms with Crippen LogP contribution in [0.2, 0.25) is 0 Å². The molecule has 1 amide bonds. The van der Waals surface area contributed by atoms with Crippen LogP contribution in [0.15, 0.2) is 36.5 Å². The number of carbonyl (C=O) groups is 1. The van der Waals surface area contributed by atoms with Crippen LogP contribution in [-0.4, -0.2) is 21.9 Å². The molecule has 0 spiro atoms. The topological polar surface area (TPSA) is 58.1 Å². The zero-order valence-corrected chi connectivity index (χ0v) is 14.9. The maximum absolute atomic E-state index is 12.4. The van der Waals surface area contributed by atoms with E-state index in [1.807, 2.05) is 30.0 Å². The Hall–Kier alpha value is -2.43. The molecule has 1 saturated carbocycles. The highest BCUT2D eigenvalue weighted by Crippen LogP contribution is 2.49. The number of para-hydroxylation sites is 1. The summed E-state index contributed by atoms with van der Waals surface area (Å²) in [5.41, 5.74) is 3.11. The van der Waals surface area contributed by atoms with E-state index in [1.54, 1.807) is 13.1 Å². The molecule has 2 aliphatic rings. The summed E-state index contributed by atoms with van der Waals surface area (Å²) >= 11 is 0. The van der Waals surface area contributed by atoms with Crippen LogP contribution in [0, 0.1) is 18.8 Å². The van der Waals surface area contributed by atoms with Gasteiger partial charge in [0.2, 0.25) is 11.9 Å². The van der Waals surface area contributed by atoms with Crippen LogP contribution in [0.5, 0.6) is 0 Å². The molecular weight excluding hydrogens is 312 g/mol. The molecule has 3 atom stereocenters. The fourth-order valence-corrected chi connectivity index (χ4v) is 4.17. The third kappa shape index (κ3) is 2.88. The van der Waals surface area contributed by atoms with Crippen molar-refractivity contribution in [3.05, 3.63) is 47.8 Å². The molecule has 25 heavy (non-hydrogen) atoms. The molecule has 1 aliphatic carbocycles. The minimum Gasteiger partial charge on any atom is -0.347 e. The Balaban J connectivity index is 1.77. The lowest BCUT2D eigenvalue weighted by atomic mass is 9.80. The number of carbonyl (C=O) groups excluding carboxylic acids is 1. The molecule has 5 nitrogen and oxygen atoms in total. The normalized spacial score (nSPS) is 25.4. The maximum Gasteiger partial charge on any atom is 0.224 e. The summed E-state index contributed by atoms with van der Waals surface area (Å²) < 4.78 is 0. The minimum absolute atomic E-state index is 0.0965. The lowest BCUT2D eigenvalue weighted by Crippen LogP contribution is -2.51. The van der Waals surface area contributed by atoms with Crippen LogP contribution in [0.25, 0.3) is 0 Å². The maximum atomic E-state index is 12.4. The van der Waals surface area contributed by atoms with Crippen molar-refractivity contribution in [2.75, 3.05) is 10.2 Å². The van der Waals surface area contributed by atoms with Crippen LogP contribution < -0.4 is 10.2 Å². The fraction of sp³-hybridized carbons (Fsp3) is 0.450. The van der Waals surface area contributed by atoms with Crippen LogP contribution in [0.1, 0.15) is 44.0 Å². The van der Waals surface area contributed by atoms with E-state index < -0.39 is 0 Å². The summed E-state index contributed by atoms with van der Waals surface area (Å²) in [5, 5.41) is 3.54. The van der Waals surface area contributed by atoms with E-state index >= 15 is 0 Å². The smallest absolute Gasteiger partial charge is 0.224 e. The predicted molar refractivity (Wildman–Crippen MR) is 98.4 cm³/mol. The molecule has 0 bridgehead atoms. The van der Waals surface area contributed by atoms with Crippen LogP contribution >= 0.6 is 0 Å². The Bertz CT molecular complexity index is 802. The molecule has 1 aromatic heterocycles. The quantitative estimate of drug-likeness (QED) is 0.928. The zero-order chi connectivity index (χ0) is 17.6. The molecule has 1 aliphatic heterocycles. The summed E-state index contributed by atoms with van der Waals surface area (Å²) in [7, 11) is 0. The van der Waals surface area contributed by atoms with Crippen molar-refractivity contribution in [3.63, 3.8) is 0 Å². The minimum atomic E-state index is 0.0965. The van der Waals surface area contributed by atoms with Crippen LogP contribution in [0.3, 0.4) is 0 Å². The van der Waals surface area contributed by atoms with Gasteiger partial charge in [-0.05, 0) is 43.4 Å². The summed E-state index contributed by atoms with van der Waals surface area (Å²) in [6, 6.07) is 10.4. The molecule has 2 aromatic rings. The van der Waals surface area contributed by atoms with Gasteiger partial charge in [-0.25, -0.2) is 9.97 Å². The Morgan fingerprint density at radius 2 is 2.00 bits per heavy atom. The van der Waals surface area contributed by atoms with Gasteiger partial charge in [0.05, 0.1) is 6.04 Å². The van der Waals surface area contributed by atoms with Gasteiger partial charge in [-0.3, -0.25) is 4.79 Å². The van der Waals surface area contributed by atoms with Crippen molar-refractivity contribution in [1.82, 2.24) is 9.97 Å². The number of aryl methyl sites for hydroxylation is 1. The van der Waals surface area contributed by atoms with E-state index in [1.165, 1.54) is 12.8 Å². The van der Waals surface area contributed by atoms with Crippen molar-refractivity contribution in [3.8, 4) is 0 Å². The SMILES string of the molecule is CC(=O)N1c2ccccc2C(Nc2nccc(C)n2)[C@@H](C)[C@@H]1C1CC1. The zero-order valence-electron chi connectivity index (χ0n) is 14.9. The first-order chi connectivity index (χ1) is 12.1. The van der Waals surface area contributed by atoms with Gasteiger partial charge in [0.1, 0.15) is 0 Å². The third-order valence-corrected chi connectivity index (χ3v) is 5.42. The average Bonchev–Trinajstić information content (AvgIpc) is 3.41. The standard InChI is InChI=1S/C20H24N4O/c1-12-10-11-21-20(22-12)23-18-13(2)19(15-8-9-15)24(14(3)25)17-7-5-4-6-16(17)18/h4-7,10-11,13,15,18-19H,8-9H2,1-3H3,(H,21,22,23)/t13-,18?,19-/m1/s1. The molecule has 2 heterocycles. The van der Waals surface area contributed by atoms with Gasteiger partial charge in [-0.15, -0.1) is 0 Å². The van der Waals surface area contributed by atoms with Gasteiger partial charge in [-0.1, -0.05) is 25.1 Å². The highest BCUT2D eigenvalue weighted by molar-refractivity contribution is 5.94. The monoisotopic (exact) mass is 336 g/mol. The van der Waals surface area contributed by atoms with Gasteiger partial charge in [0.25, 0.3) is 0 Å². The molecule has 4 rings (SSSR count).